The normalized spacial score (nSPS) is 16.8. The maximum absolute atomic E-state index is 11.6. The van der Waals surface area contributed by atoms with Gasteiger partial charge in [0.2, 0.25) is 0 Å². The van der Waals surface area contributed by atoms with Gasteiger partial charge in [-0.05, 0) is 24.4 Å². The molecule has 1 aromatic rings. The van der Waals surface area contributed by atoms with Crippen molar-refractivity contribution in [1.29, 1.82) is 0 Å². The van der Waals surface area contributed by atoms with Crippen LogP contribution in [0.15, 0.2) is 11.6 Å². The molecule has 4 heteroatoms. The van der Waals surface area contributed by atoms with Crippen LogP contribution < -0.4 is 0 Å². The topological polar surface area (TPSA) is 33.2 Å². The highest BCUT2D eigenvalue weighted by Crippen LogP contribution is 2.12. The lowest BCUT2D eigenvalue weighted by molar-refractivity contribution is 0.0793. The van der Waals surface area contributed by atoms with Crippen LogP contribution in [0.25, 0.3) is 0 Å². The Morgan fingerprint density at radius 3 is 2.83 bits per heavy atom. The van der Waals surface area contributed by atoms with Gasteiger partial charge in [-0.1, -0.05) is 0 Å². The second-order valence-corrected chi connectivity index (χ2v) is 3.57. The summed E-state index contributed by atoms with van der Waals surface area (Å²) in [6.45, 7) is 1.82. The first-order valence-electron chi connectivity index (χ1n) is 4.06. The number of likely N-dealkylation sites (tertiary alicyclic amines) is 1. The molecule has 1 aliphatic rings. The van der Waals surface area contributed by atoms with Crippen LogP contribution in [0.5, 0.6) is 0 Å². The van der Waals surface area contributed by atoms with Crippen LogP contribution in [0.4, 0.5) is 0 Å². The van der Waals surface area contributed by atoms with E-state index in [1.807, 2.05) is 4.90 Å². The van der Waals surface area contributed by atoms with Crippen molar-refractivity contribution in [3.8, 4) is 0 Å². The van der Waals surface area contributed by atoms with Crippen molar-refractivity contribution in [2.45, 2.75) is 12.8 Å². The summed E-state index contributed by atoms with van der Waals surface area (Å²) in [4.78, 5) is 13.5. The molecule has 0 aromatic carbocycles. The fourth-order valence-corrected chi connectivity index (χ4v) is 1.92. The zero-order valence-corrected chi connectivity index (χ0v) is 7.51. The van der Waals surface area contributed by atoms with Gasteiger partial charge >= 0.3 is 0 Å². The molecule has 0 N–H and O–H groups in total. The lowest BCUT2D eigenvalue weighted by Gasteiger charge is -2.12. The van der Waals surface area contributed by atoms with E-state index >= 15 is 0 Å². The Labute approximate surface area is 75.2 Å². The van der Waals surface area contributed by atoms with E-state index in [2.05, 4.69) is 4.37 Å². The molecule has 0 aliphatic carbocycles. The molecular weight excluding hydrogens is 172 g/mol. The number of carbonyl (C=O) groups excluding carboxylic acids is 1. The smallest absolute Gasteiger partial charge is 0.256 e. The molecule has 1 aromatic heterocycles. The van der Waals surface area contributed by atoms with Gasteiger partial charge in [0.25, 0.3) is 5.91 Å². The van der Waals surface area contributed by atoms with Crippen molar-refractivity contribution < 1.29 is 4.79 Å². The summed E-state index contributed by atoms with van der Waals surface area (Å²) in [6, 6.07) is 0. The molecule has 1 fully saturated rings. The molecular formula is C8H10N2OS. The Hall–Kier alpha value is -0.900. The molecule has 0 unspecified atom stereocenters. The number of rotatable bonds is 1. The summed E-state index contributed by atoms with van der Waals surface area (Å²) < 4.78 is 3.91. The average molecular weight is 182 g/mol. The first-order valence-corrected chi connectivity index (χ1v) is 4.90. The van der Waals surface area contributed by atoms with E-state index in [0.29, 0.717) is 0 Å². The second kappa shape index (κ2) is 3.23. The molecule has 64 valence electrons. The van der Waals surface area contributed by atoms with Gasteiger partial charge in [0, 0.05) is 18.5 Å². The van der Waals surface area contributed by atoms with E-state index in [-0.39, 0.29) is 5.91 Å². The molecule has 1 saturated heterocycles. The highest BCUT2D eigenvalue weighted by molar-refractivity contribution is 7.03. The van der Waals surface area contributed by atoms with Crippen molar-refractivity contribution in [2.75, 3.05) is 13.1 Å². The van der Waals surface area contributed by atoms with Crippen molar-refractivity contribution in [1.82, 2.24) is 9.27 Å². The van der Waals surface area contributed by atoms with Crippen molar-refractivity contribution >= 4 is 17.4 Å². The molecule has 0 atom stereocenters. The molecule has 12 heavy (non-hydrogen) atoms. The predicted octanol–water partition coefficient (Wildman–Crippen LogP) is 1.38. The molecule has 0 spiro atoms. The molecule has 1 amide bonds. The van der Waals surface area contributed by atoms with Crippen LogP contribution >= 0.6 is 11.5 Å². The SMILES string of the molecule is O=C(c1cnsc1)N1CCCC1. The van der Waals surface area contributed by atoms with Crippen molar-refractivity contribution in [3.63, 3.8) is 0 Å². The van der Waals surface area contributed by atoms with Crippen LogP contribution in [0.3, 0.4) is 0 Å². The Balaban J connectivity index is 2.09. The molecule has 2 rings (SSSR count). The molecule has 0 bridgehead atoms. The molecule has 0 saturated carbocycles. The molecule has 2 heterocycles. The van der Waals surface area contributed by atoms with E-state index in [9.17, 15) is 4.79 Å². The third-order valence-electron chi connectivity index (χ3n) is 2.07. The summed E-state index contributed by atoms with van der Waals surface area (Å²) in [5, 5.41) is 1.81. The first-order chi connectivity index (χ1) is 5.88. The summed E-state index contributed by atoms with van der Waals surface area (Å²) in [5.74, 6) is 0.140. The van der Waals surface area contributed by atoms with Crippen LogP contribution in [0.2, 0.25) is 0 Å². The maximum Gasteiger partial charge on any atom is 0.256 e. The zero-order chi connectivity index (χ0) is 8.39. The van der Waals surface area contributed by atoms with Gasteiger partial charge in [-0.2, -0.15) is 0 Å². The van der Waals surface area contributed by atoms with Gasteiger partial charge in [-0.25, -0.2) is 4.37 Å². The third-order valence-corrected chi connectivity index (χ3v) is 2.66. The van der Waals surface area contributed by atoms with Crippen molar-refractivity contribution in [3.05, 3.63) is 17.1 Å². The highest BCUT2D eigenvalue weighted by atomic mass is 32.1. The fraction of sp³-hybridized carbons (Fsp3) is 0.500. The van der Waals surface area contributed by atoms with Crippen LogP contribution in [-0.2, 0) is 0 Å². The minimum absolute atomic E-state index is 0.140. The van der Waals surface area contributed by atoms with E-state index in [1.165, 1.54) is 11.5 Å². The van der Waals surface area contributed by atoms with E-state index in [0.717, 1.165) is 31.5 Å². The first kappa shape index (κ1) is 7.73. The Morgan fingerprint density at radius 2 is 2.25 bits per heavy atom. The number of aromatic nitrogens is 1. The standard InChI is InChI=1S/C8H10N2OS/c11-8(7-5-9-12-6-7)10-3-1-2-4-10/h5-6H,1-4H2. The van der Waals surface area contributed by atoms with Gasteiger partial charge < -0.3 is 4.90 Å². The Bertz CT molecular complexity index is 265. The highest BCUT2D eigenvalue weighted by Gasteiger charge is 2.19. The summed E-state index contributed by atoms with van der Waals surface area (Å²) >= 11 is 1.33. The molecule has 3 nitrogen and oxygen atoms in total. The second-order valence-electron chi connectivity index (χ2n) is 2.91. The zero-order valence-electron chi connectivity index (χ0n) is 6.69. The average Bonchev–Trinajstić information content (AvgIpc) is 2.77. The van der Waals surface area contributed by atoms with Crippen molar-refractivity contribution in [2.24, 2.45) is 0 Å². The lowest BCUT2D eigenvalue weighted by Crippen LogP contribution is -2.27. The largest absolute Gasteiger partial charge is 0.339 e. The number of carbonyl (C=O) groups is 1. The van der Waals surface area contributed by atoms with Gasteiger partial charge in [0.05, 0.1) is 11.8 Å². The lowest BCUT2D eigenvalue weighted by atomic mass is 10.3. The quantitative estimate of drug-likeness (QED) is 0.657. The Kier molecular flexibility index (Phi) is 2.08. The van der Waals surface area contributed by atoms with E-state index in [1.54, 1.807) is 11.6 Å². The fourth-order valence-electron chi connectivity index (χ4n) is 1.41. The minimum Gasteiger partial charge on any atom is -0.339 e. The minimum atomic E-state index is 0.140. The predicted molar refractivity (Wildman–Crippen MR) is 47.3 cm³/mol. The van der Waals surface area contributed by atoms with Gasteiger partial charge in [-0.15, -0.1) is 0 Å². The number of hydrogen-bond donors (Lipinski definition) is 0. The summed E-state index contributed by atoms with van der Waals surface area (Å²) in [5.41, 5.74) is 0.738. The number of amides is 1. The number of nitrogens with zero attached hydrogens (tertiary/aromatic N) is 2. The van der Waals surface area contributed by atoms with Gasteiger partial charge in [0.1, 0.15) is 0 Å². The third kappa shape index (κ3) is 1.34. The monoisotopic (exact) mass is 182 g/mol. The molecule has 0 radical (unpaired) electrons. The molecule has 1 aliphatic heterocycles. The van der Waals surface area contributed by atoms with E-state index in [4.69, 9.17) is 0 Å². The van der Waals surface area contributed by atoms with Crippen LogP contribution in [0.1, 0.15) is 23.2 Å². The Morgan fingerprint density at radius 1 is 1.50 bits per heavy atom. The van der Waals surface area contributed by atoms with Crippen LogP contribution in [0, 0.1) is 0 Å². The van der Waals surface area contributed by atoms with Crippen LogP contribution in [-0.4, -0.2) is 28.3 Å². The van der Waals surface area contributed by atoms with Gasteiger partial charge in [0.15, 0.2) is 0 Å². The number of hydrogen-bond acceptors (Lipinski definition) is 3. The van der Waals surface area contributed by atoms with Gasteiger partial charge in [-0.3, -0.25) is 4.79 Å². The van der Waals surface area contributed by atoms with E-state index < -0.39 is 0 Å². The summed E-state index contributed by atoms with van der Waals surface area (Å²) in [6.07, 6.45) is 3.93. The maximum atomic E-state index is 11.6. The summed E-state index contributed by atoms with van der Waals surface area (Å²) in [7, 11) is 0.